The molecule has 1 aliphatic rings. The highest BCUT2D eigenvalue weighted by atomic mass is 32.2. The highest BCUT2D eigenvalue weighted by molar-refractivity contribution is 7.91. The molecule has 5 nitrogen and oxygen atoms in total. The van der Waals surface area contributed by atoms with Gasteiger partial charge in [-0.3, -0.25) is 0 Å². The van der Waals surface area contributed by atoms with E-state index in [0.717, 1.165) is 17.3 Å². The lowest BCUT2D eigenvalue weighted by Crippen LogP contribution is -2.35. The van der Waals surface area contributed by atoms with E-state index in [-0.39, 0.29) is 11.8 Å². The van der Waals surface area contributed by atoms with Gasteiger partial charge in [0.2, 0.25) is 0 Å². The van der Waals surface area contributed by atoms with Gasteiger partial charge in [0.15, 0.2) is 9.84 Å². The molecule has 100 valence electrons. The van der Waals surface area contributed by atoms with Crippen LogP contribution in [0.1, 0.15) is 12.8 Å². The Balaban J connectivity index is 1.89. The minimum atomic E-state index is -2.91. The maximum Gasteiger partial charge on any atom is 0.152 e. The molecule has 0 radical (unpaired) electrons. The van der Waals surface area contributed by atoms with Gasteiger partial charge < -0.3 is 5.32 Å². The normalized spacial score (nSPS) is 22.2. The van der Waals surface area contributed by atoms with Gasteiger partial charge in [0.1, 0.15) is 12.1 Å². The van der Waals surface area contributed by atoms with E-state index in [0.29, 0.717) is 18.0 Å². The van der Waals surface area contributed by atoms with Gasteiger partial charge in [0, 0.05) is 11.4 Å². The Labute approximate surface area is 112 Å². The first-order chi connectivity index (χ1) is 9.14. The number of nitrogens with zero attached hydrogens (tertiary/aromatic N) is 2. The summed E-state index contributed by atoms with van der Waals surface area (Å²) in [5.74, 6) is 1.20. The van der Waals surface area contributed by atoms with E-state index in [2.05, 4.69) is 15.3 Å². The molecule has 0 aliphatic carbocycles. The predicted molar refractivity (Wildman–Crippen MR) is 74.8 cm³/mol. The van der Waals surface area contributed by atoms with Gasteiger partial charge in [-0.05, 0) is 25.0 Å². The van der Waals surface area contributed by atoms with Crippen LogP contribution in [0.4, 0.5) is 5.82 Å². The largest absolute Gasteiger partial charge is 0.366 e. The van der Waals surface area contributed by atoms with Crippen molar-refractivity contribution in [3.8, 4) is 0 Å². The van der Waals surface area contributed by atoms with Crippen molar-refractivity contribution in [3.05, 3.63) is 30.6 Å². The number of benzene rings is 1. The summed E-state index contributed by atoms with van der Waals surface area (Å²) >= 11 is 0. The van der Waals surface area contributed by atoms with Crippen LogP contribution >= 0.6 is 0 Å². The molecule has 2 aromatic rings. The van der Waals surface area contributed by atoms with Gasteiger partial charge in [-0.1, -0.05) is 12.1 Å². The Bertz CT molecular complexity index is 695. The molecule has 1 saturated heterocycles. The van der Waals surface area contributed by atoms with Gasteiger partial charge in [-0.15, -0.1) is 0 Å². The van der Waals surface area contributed by atoms with Crippen LogP contribution in [-0.4, -0.2) is 35.9 Å². The molecule has 1 aliphatic heterocycles. The van der Waals surface area contributed by atoms with E-state index in [1.165, 1.54) is 6.33 Å². The molecule has 19 heavy (non-hydrogen) atoms. The molecular formula is C13H15N3O2S. The van der Waals surface area contributed by atoms with Crippen LogP contribution in [0.5, 0.6) is 0 Å². The van der Waals surface area contributed by atoms with E-state index >= 15 is 0 Å². The van der Waals surface area contributed by atoms with Crippen molar-refractivity contribution in [3.63, 3.8) is 0 Å². The van der Waals surface area contributed by atoms with Crippen molar-refractivity contribution < 1.29 is 8.42 Å². The highest BCUT2D eigenvalue weighted by Gasteiger charge is 2.25. The van der Waals surface area contributed by atoms with Gasteiger partial charge >= 0.3 is 0 Å². The van der Waals surface area contributed by atoms with Gasteiger partial charge in [0.05, 0.1) is 17.0 Å². The molecule has 3 rings (SSSR count). The Morgan fingerprint density at radius 1 is 1.21 bits per heavy atom. The van der Waals surface area contributed by atoms with E-state index in [1.54, 1.807) is 0 Å². The number of anilines is 1. The van der Waals surface area contributed by atoms with Crippen molar-refractivity contribution in [2.45, 2.75) is 18.9 Å². The summed E-state index contributed by atoms with van der Waals surface area (Å²) in [7, 11) is -2.91. The molecule has 0 saturated carbocycles. The summed E-state index contributed by atoms with van der Waals surface area (Å²) in [6, 6.07) is 7.64. The average Bonchev–Trinajstić information content (AvgIpc) is 2.38. The summed E-state index contributed by atoms with van der Waals surface area (Å²) in [5.41, 5.74) is 0.860. The highest BCUT2D eigenvalue weighted by Crippen LogP contribution is 2.22. The first-order valence-electron chi connectivity index (χ1n) is 6.31. The number of para-hydroxylation sites is 1. The number of hydrogen-bond donors (Lipinski definition) is 1. The second kappa shape index (κ2) is 4.77. The quantitative estimate of drug-likeness (QED) is 0.903. The number of aromatic nitrogens is 2. The summed E-state index contributed by atoms with van der Waals surface area (Å²) in [6.07, 6.45) is 3.07. The second-order valence-electron chi connectivity index (χ2n) is 4.84. The minimum Gasteiger partial charge on any atom is -0.366 e. The van der Waals surface area contributed by atoms with E-state index in [9.17, 15) is 8.42 Å². The van der Waals surface area contributed by atoms with E-state index in [4.69, 9.17) is 0 Å². The number of sulfone groups is 1. The van der Waals surface area contributed by atoms with Crippen LogP contribution < -0.4 is 5.32 Å². The fourth-order valence-electron chi connectivity index (χ4n) is 2.45. The molecule has 0 bridgehead atoms. The predicted octanol–water partition coefficient (Wildman–Crippen LogP) is 1.62. The van der Waals surface area contributed by atoms with Crippen LogP contribution in [0.2, 0.25) is 0 Å². The van der Waals surface area contributed by atoms with Gasteiger partial charge in [-0.2, -0.15) is 0 Å². The molecule has 2 heterocycles. The molecule has 1 atom stereocenters. The molecule has 1 aromatic carbocycles. The maximum atomic E-state index is 11.6. The third kappa shape index (κ3) is 2.68. The molecule has 1 aromatic heterocycles. The lowest BCUT2D eigenvalue weighted by Gasteiger charge is -2.23. The maximum absolute atomic E-state index is 11.6. The standard InChI is InChI=1S/C13H15N3O2S/c17-19(18)7-3-4-10(8-19)16-13-11-5-1-2-6-12(11)14-9-15-13/h1-2,5-6,9-10H,3-4,7-8H2,(H,14,15,16). The SMILES string of the molecule is O=S1(=O)CCCC(Nc2ncnc3ccccc23)C1. The zero-order chi connectivity index (χ0) is 13.3. The number of rotatable bonds is 2. The Morgan fingerprint density at radius 3 is 2.89 bits per heavy atom. The molecule has 1 fully saturated rings. The van der Waals surface area contributed by atoms with Crippen LogP contribution in [0, 0.1) is 0 Å². The summed E-state index contributed by atoms with van der Waals surface area (Å²) in [4.78, 5) is 8.43. The van der Waals surface area contributed by atoms with Crippen molar-refractivity contribution in [2.24, 2.45) is 0 Å². The van der Waals surface area contributed by atoms with Crippen molar-refractivity contribution in [2.75, 3.05) is 16.8 Å². The fourth-order valence-corrected chi connectivity index (χ4v) is 4.09. The summed E-state index contributed by atoms with van der Waals surface area (Å²) in [5, 5.41) is 4.17. The van der Waals surface area contributed by atoms with Crippen LogP contribution in [0.3, 0.4) is 0 Å². The molecule has 0 amide bonds. The van der Waals surface area contributed by atoms with Crippen LogP contribution in [-0.2, 0) is 9.84 Å². The third-order valence-corrected chi connectivity index (χ3v) is 5.17. The van der Waals surface area contributed by atoms with Crippen LogP contribution in [0.15, 0.2) is 30.6 Å². The summed E-state index contributed by atoms with van der Waals surface area (Å²) in [6.45, 7) is 0. The monoisotopic (exact) mass is 277 g/mol. The molecule has 0 spiro atoms. The van der Waals surface area contributed by atoms with Gasteiger partial charge in [0.25, 0.3) is 0 Å². The molecular weight excluding hydrogens is 262 g/mol. The lowest BCUT2D eigenvalue weighted by atomic mass is 10.1. The lowest BCUT2D eigenvalue weighted by molar-refractivity contribution is 0.561. The second-order valence-corrected chi connectivity index (χ2v) is 7.07. The van der Waals surface area contributed by atoms with Crippen molar-refractivity contribution in [1.82, 2.24) is 9.97 Å². The number of hydrogen-bond acceptors (Lipinski definition) is 5. The van der Waals surface area contributed by atoms with Gasteiger partial charge in [-0.25, -0.2) is 18.4 Å². The van der Waals surface area contributed by atoms with Crippen molar-refractivity contribution in [1.29, 1.82) is 0 Å². The van der Waals surface area contributed by atoms with Crippen LogP contribution in [0.25, 0.3) is 10.9 Å². The zero-order valence-electron chi connectivity index (χ0n) is 10.4. The Morgan fingerprint density at radius 2 is 2.05 bits per heavy atom. The average molecular weight is 277 g/mol. The number of fused-ring (bicyclic) bond motifs is 1. The molecule has 6 heteroatoms. The minimum absolute atomic E-state index is 0.0583. The Hall–Kier alpha value is -1.69. The first kappa shape index (κ1) is 12.3. The first-order valence-corrected chi connectivity index (χ1v) is 8.13. The van der Waals surface area contributed by atoms with Crippen molar-refractivity contribution >= 4 is 26.6 Å². The number of nitrogens with one attached hydrogen (secondary N) is 1. The van der Waals surface area contributed by atoms with E-state index in [1.807, 2.05) is 24.3 Å². The topological polar surface area (TPSA) is 72.0 Å². The zero-order valence-corrected chi connectivity index (χ0v) is 11.2. The molecule has 1 N–H and O–H groups in total. The summed E-state index contributed by atoms with van der Waals surface area (Å²) < 4.78 is 23.3. The fraction of sp³-hybridized carbons (Fsp3) is 0.385. The smallest absolute Gasteiger partial charge is 0.152 e. The Kier molecular flexibility index (Phi) is 3.10. The molecule has 1 unspecified atom stereocenters. The van der Waals surface area contributed by atoms with E-state index < -0.39 is 9.84 Å². The third-order valence-electron chi connectivity index (χ3n) is 3.35.